The predicted octanol–water partition coefficient (Wildman–Crippen LogP) is 2.25. The molecule has 0 bridgehead atoms. The number of carbonyl (C=O) groups is 1. The number of hydrogen-bond donors (Lipinski definition) is 1. The maximum absolute atomic E-state index is 12.3. The molecule has 0 radical (unpaired) electrons. The summed E-state index contributed by atoms with van der Waals surface area (Å²) in [5.41, 5.74) is 0. The second kappa shape index (κ2) is 7.68. The van der Waals surface area contributed by atoms with Gasteiger partial charge in [-0.05, 0) is 25.0 Å². The molecule has 0 spiro atoms. The van der Waals surface area contributed by atoms with Crippen LogP contribution in [0.1, 0.15) is 32.1 Å². The van der Waals surface area contributed by atoms with E-state index >= 15 is 0 Å². The van der Waals surface area contributed by atoms with Crippen molar-refractivity contribution in [3.05, 3.63) is 24.3 Å². The number of carbonyl (C=O) groups excluding carboxylic acids is 1. The molecule has 1 heterocycles. The van der Waals surface area contributed by atoms with Crippen molar-refractivity contribution in [2.45, 2.75) is 38.1 Å². The lowest BCUT2D eigenvalue weighted by Crippen LogP contribution is -2.53. The first-order valence-corrected chi connectivity index (χ1v) is 8.66. The summed E-state index contributed by atoms with van der Waals surface area (Å²) in [6, 6.07) is 7.28. The molecule has 1 saturated carbocycles. The Morgan fingerprint density at radius 1 is 1.13 bits per heavy atom. The lowest BCUT2D eigenvalue weighted by atomic mass is 9.94. The van der Waals surface area contributed by atoms with Gasteiger partial charge in [0.25, 0.3) is 5.91 Å². The van der Waals surface area contributed by atoms with Crippen LogP contribution >= 0.6 is 0 Å². The number of aromatic hydroxyl groups is 1. The second-order valence-corrected chi connectivity index (χ2v) is 6.49. The minimum atomic E-state index is 0.0247. The molecular weight excluding hydrogens is 292 g/mol. The Kier molecular flexibility index (Phi) is 5.39. The van der Waals surface area contributed by atoms with Crippen molar-refractivity contribution in [1.29, 1.82) is 0 Å². The highest BCUT2D eigenvalue weighted by molar-refractivity contribution is 5.77. The van der Waals surface area contributed by atoms with Crippen LogP contribution < -0.4 is 4.74 Å². The number of hydrogen-bond acceptors (Lipinski definition) is 4. The highest BCUT2D eigenvalue weighted by Crippen LogP contribution is 2.23. The summed E-state index contributed by atoms with van der Waals surface area (Å²) in [5.74, 6) is 0.701. The molecule has 1 aromatic carbocycles. The van der Waals surface area contributed by atoms with Crippen molar-refractivity contribution >= 4 is 5.91 Å². The quantitative estimate of drug-likeness (QED) is 0.925. The average molecular weight is 318 g/mol. The molecule has 0 atom stereocenters. The van der Waals surface area contributed by atoms with Crippen LogP contribution in [-0.2, 0) is 4.79 Å². The molecule has 1 aromatic rings. The van der Waals surface area contributed by atoms with Gasteiger partial charge in [0.05, 0.1) is 0 Å². The van der Waals surface area contributed by atoms with Gasteiger partial charge in [0.2, 0.25) is 0 Å². The third kappa shape index (κ3) is 4.38. The van der Waals surface area contributed by atoms with Gasteiger partial charge in [-0.15, -0.1) is 0 Å². The Labute approximate surface area is 137 Å². The van der Waals surface area contributed by atoms with Gasteiger partial charge in [-0.2, -0.15) is 0 Å². The number of phenols is 1. The van der Waals surface area contributed by atoms with Gasteiger partial charge in [-0.1, -0.05) is 25.3 Å². The zero-order valence-electron chi connectivity index (χ0n) is 13.6. The molecule has 5 heteroatoms. The molecule has 1 aliphatic heterocycles. The second-order valence-electron chi connectivity index (χ2n) is 6.49. The van der Waals surface area contributed by atoms with Crippen molar-refractivity contribution in [2.75, 3.05) is 32.8 Å². The van der Waals surface area contributed by atoms with Crippen LogP contribution in [0.5, 0.6) is 11.5 Å². The van der Waals surface area contributed by atoms with Crippen LogP contribution in [0.2, 0.25) is 0 Å². The highest BCUT2D eigenvalue weighted by Gasteiger charge is 2.27. The first kappa shape index (κ1) is 16.1. The molecule has 1 saturated heterocycles. The lowest BCUT2D eigenvalue weighted by Gasteiger charge is -2.40. The van der Waals surface area contributed by atoms with E-state index < -0.39 is 0 Å². The molecule has 0 unspecified atom stereocenters. The number of piperazine rings is 1. The number of rotatable bonds is 4. The highest BCUT2D eigenvalue weighted by atomic mass is 16.5. The summed E-state index contributed by atoms with van der Waals surface area (Å²) in [7, 11) is 0. The Balaban J connectivity index is 1.43. The number of phenolic OH excluding ortho intramolecular Hbond substituents is 1. The van der Waals surface area contributed by atoms with Gasteiger partial charge in [-0.3, -0.25) is 9.69 Å². The monoisotopic (exact) mass is 318 g/mol. The van der Waals surface area contributed by atoms with Crippen LogP contribution in [0.4, 0.5) is 0 Å². The fourth-order valence-corrected chi connectivity index (χ4v) is 3.59. The van der Waals surface area contributed by atoms with Gasteiger partial charge in [-0.25, -0.2) is 0 Å². The summed E-state index contributed by atoms with van der Waals surface area (Å²) < 4.78 is 5.48. The SMILES string of the molecule is O=C(COc1cccc(O)c1)N1CCN(C2CCCCC2)CC1. The fraction of sp³-hybridized carbons (Fsp3) is 0.611. The number of ether oxygens (including phenoxy) is 1. The van der Waals surface area contributed by atoms with Gasteiger partial charge in [0, 0.05) is 38.3 Å². The van der Waals surface area contributed by atoms with E-state index in [1.54, 1.807) is 18.2 Å². The van der Waals surface area contributed by atoms with E-state index in [0.717, 1.165) is 32.2 Å². The summed E-state index contributed by atoms with van der Waals surface area (Å²) >= 11 is 0. The normalized spacial score (nSPS) is 20.4. The zero-order valence-corrected chi connectivity index (χ0v) is 13.6. The zero-order chi connectivity index (χ0) is 16.1. The first-order chi connectivity index (χ1) is 11.2. The maximum Gasteiger partial charge on any atom is 0.260 e. The van der Waals surface area contributed by atoms with E-state index in [-0.39, 0.29) is 18.3 Å². The fourth-order valence-electron chi connectivity index (χ4n) is 3.59. The molecule has 1 N–H and O–H groups in total. The van der Waals surface area contributed by atoms with E-state index in [0.29, 0.717) is 5.75 Å². The minimum Gasteiger partial charge on any atom is -0.508 e. The molecule has 2 fully saturated rings. The van der Waals surface area contributed by atoms with E-state index in [1.165, 1.54) is 38.2 Å². The van der Waals surface area contributed by atoms with E-state index in [1.807, 2.05) is 4.90 Å². The summed E-state index contributed by atoms with van der Waals surface area (Å²) in [5, 5.41) is 9.40. The molecule has 126 valence electrons. The number of nitrogens with zero attached hydrogens (tertiary/aromatic N) is 2. The summed E-state index contributed by atoms with van der Waals surface area (Å²) in [6.07, 6.45) is 6.70. The topological polar surface area (TPSA) is 53.0 Å². The standard InChI is InChI=1S/C18H26N2O3/c21-16-7-4-8-17(13-16)23-14-18(22)20-11-9-19(10-12-20)15-5-2-1-3-6-15/h4,7-8,13,15,21H,1-3,5-6,9-12,14H2. The van der Waals surface area contributed by atoms with Crippen LogP contribution in [-0.4, -0.2) is 59.6 Å². The predicted molar refractivity (Wildman–Crippen MR) is 88.6 cm³/mol. The third-order valence-electron chi connectivity index (χ3n) is 4.94. The third-order valence-corrected chi connectivity index (χ3v) is 4.94. The van der Waals surface area contributed by atoms with Crippen molar-refractivity contribution in [1.82, 2.24) is 9.80 Å². The van der Waals surface area contributed by atoms with Crippen LogP contribution in [0.15, 0.2) is 24.3 Å². The number of amides is 1. The molecule has 1 amide bonds. The Bertz CT molecular complexity index is 521. The summed E-state index contributed by atoms with van der Waals surface area (Å²) in [6.45, 7) is 3.56. The molecule has 23 heavy (non-hydrogen) atoms. The molecule has 1 aliphatic carbocycles. The lowest BCUT2D eigenvalue weighted by molar-refractivity contribution is -0.135. The van der Waals surface area contributed by atoms with Gasteiger partial charge >= 0.3 is 0 Å². The maximum atomic E-state index is 12.3. The molecule has 0 aromatic heterocycles. The molecule has 3 rings (SSSR count). The Morgan fingerprint density at radius 3 is 2.57 bits per heavy atom. The molecule has 2 aliphatic rings. The van der Waals surface area contributed by atoms with Crippen molar-refractivity contribution in [3.8, 4) is 11.5 Å². The van der Waals surface area contributed by atoms with Crippen molar-refractivity contribution in [3.63, 3.8) is 0 Å². The van der Waals surface area contributed by atoms with Crippen LogP contribution in [0.3, 0.4) is 0 Å². The van der Waals surface area contributed by atoms with Gasteiger partial charge in [0.1, 0.15) is 11.5 Å². The van der Waals surface area contributed by atoms with Crippen LogP contribution in [0, 0.1) is 0 Å². The smallest absolute Gasteiger partial charge is 0.260 e. The first-order valence-electron chi connectivity index (χ1n) is 8.66. The minimum absolute atomic E-state index is 0.0247. The number of benzene rings is 1. The van der Waals surface area contributed by atoms with E-state index in [4.69, 9.17) is 4.74 Å². The largest absolute Gasteiger partial charge is 0.508 e. The van der Waals surface area contributed by atoms with E-state index in [2.05, 4.69) is 4.90 Å². The Hall–Kier alpha value is -1.75. The molecular formula is C18H26N2O3. The Morgan fingerprint density at radius 2 is 1.87 bits per heavy atom. The summed E-state index contributed by atoms with van der Waals surface area (Å²) in [4.78, 5) is 16.7. The average Bonchev–Trinajstić information content (AvgIpc) is 2.61. The van der Waals surface area contributed by atoms with E-state index in [9.17, 15) is 9.90 Å². The van der Waals surface area contributed by atoms with Gasteiger partial charge < -0.3 is 14.7 Å². The van der Waals surface area contributed by atoms with Crippen molar-refractivity contribution < 1.29 is 14.6 Å². The molecule has 5 nitrogen and oxygen atoms in total. The van der Waals surface area contributed by atoms with Gasteiger partial charge in [0.15, 0.2) is 6.61 Å². The van der Waals surface area contributed by atoms with Crippen LogP contribution in [0.25, 0.3) is 0 Å². The van der Waals surface area contributed by atoms with Crippen molar-refractivity contribution in [2.24, 2.45) is 0 Å².